The van der Waals surface area contributed by atoms with E-state index in [9.17, 15) is 14.4 Å². The average Bonchev–Trinajstić information content (AvgIpc) is 2.91. The van der Waals surface area contributed by atoms with Gasteiger partial charge in [0.2, 0.25) is 0 Å². The molecule has 1 atom stereocenters. The molecule has 36 heavy (non-hydrogen) atoms. The van der Waals surface area contributed by atoms with E-state index < -0.39 is 18.0 Å². The standard InChI is InChI=1S/C30H23NO5/c1-18-26(32)23-15-9-16-24(28(23)36-27(18)21-11-4-3-5-12-21)30(34)35-19(2)29(33)31-25-17-8-13-20-10-6-7-14-22(20)25/h3-17,19H,1-2H3,(H,31,33). The molecule has 0 saturated heterocycles. The van der Waals surface area contributed by atoms with Gasteiger partial charge in [-0.15, -0.1) is 0 Å². The summed E-state index contributed by atoms with van der Waals surface area (Å²) in [5, 5.41) is 4.97. The molecule has 1 N–H and O–H groups in total. The number of para-hydroxylation sites is 1. The maximum absolute atomic E-state index is 13.1. The van der Waals surface area contributed by atoms with Gasteiger partial charge in [-0.25, -0.2) is 4.79 Å². The fourth-order valence-electron chi connectivity index (χ4n) is 4.18. The molecule has 6 heteroatoms. The summed E-state index contributed by atoms with van der Waals surface area (Å²) in [5.74, 6) is -0.843. The number of benzene rings is 4. The molecule has 0 saturated carbocycles. The molecule has 0 radical (unpaired) electrons. The zero-order valence-corrected chi connectivity index (χ0v) is 19.8. The minimum absolute atomic E-state index is 0.0755. The van der Waals surface area contributed by atoms with Crippen LogP contribution < -0.4 is 10.7 Å². The van der Waals surface area contributed by atoms with Crippen molar-refractivity contribution >= 4 is 39.3 Å². The third kappa shape index (κ3) is 4.25. The molecule has 5 aromatic rings. The van der Waals surface area contributed by atoms with Gasteiger partial charge in [0.15, 0.2) is 17.1 Å². The van der Waals surface area contributed by atoms with Crippen LogP contribution in [0.15, 0.2) is 100 Å². The number of nitrogens with one attached hydrogen (secondary N) is 1. The van der Waals surface area contributed by atoms with Gasteiger partial charge in [-0.05, 0) is 37.4 Å². The zero-order valence-electron chi connectivity index (χ0n) is 19.8. The molecular formula is C30H23NO5. The average molecular weight is 478 g/mol. The van der Waals surface area contributed by atoms with Gasteiger partial charge >= 0.3 is 5.97 Å². The summed E-state index contributed by atoms with van der Waals surface area (Å²) in [6, 6.07) is 27.2. The Morgan fingerprint density at radius 3 is 2.31 bits per heavy atom. The van der Waals surface area contributed by atoms with Crippen LogP contribution in [-0.2, 0) is 9.53 Å². The Morgan fingerprint density at radius 1 is 0.833 bits per heavy atom. The minimum atomic E-state index is -1.09. The topological polar surface area (TPSA) is 85.6 Å². The van der Waals surface area contributed by atoms with Gasteiger partial charge in [-0.2, -0.15) is 0 Å². The van der Waals surface area contributed by atoms with Crippen molar-refractivity contribution in [2.75, 3.05) is 5.32 Å². The molecule has 5 rings (SSSR count). The van der Waals surface area contributed by atoms with Crippen molar-refractivity contribution in [2.24, 2.45) is 0 Å². The van der Waals surface area contributed by atoms with Crippen LogP contribution in [0.2, 0.25) is 0 Å². The summed E-state index contributed by atoms with van der Waals surface area (Å²) < 4.78 is 11.6. The smallest absolute Gasteiger partial charge is 0.342 e. The van der Waals surface area contributed by atoms with Gasteiger partial charge in [0.05, 0.1) is 5.39 Å². The monoisotopic (exact) mass is 477 g/mol. The van der Waals surface area contributed by atoms with Gasteiger partial charge in [0.25, 0.3) is 5.91 Å². The van der Waals surface area contributed by atoms with Gasteiger partial charge in [-0.3, -0.25) is 9.59 Å². The first-order valence-electron chi connectivity index (χ1n) is 11.6. The summed E-state index contributed by atoms with van der Waals surface area (Å²) in [6.07, 6.45) is -1.09. The highest BCUT2D eigenvalue weighted by atomic mass is 16.5. The van der Waals surface area contributed by atoms with Crippen LogP contribution in [0.3, 0.4) is 0 Å². The largest absolute Gasteiger partial charge is 0.455 e. The first kappa shape index (κ1) is 23.1. The number of hydrogen-bond acceptors (Lipinski definition) is 5. The molecule has 0 aliphatic rings. The number of esters is 1. The third-order valence-corrected chi connectivity index (χ3v) is 6.10. The van der Waals surface area contributed by atoms with E-state index in [1.165, 1.54) is 13.0 Å². The molecule has 6 nitrogen and oxygen atoms in total. The van der Waals surface area contributed by atoms with Crippen LogP contribution in [0.25, 0.3) is 33.1 Å². The van der Waals surface area contributed by atoms with Crippen LogP contribution in [-0.4, -0.2) is 18.0 Å². The summed E-state index contributed by atoms with van der Waals surface area (Å²) in [6.45, 7) is 3.19. The number of carbonyl (C=O) groups excluding carboxylic acids is 2. The number of hydrogen-bond donors (Lipinski definition) is 1. The molecule has 0 aliphatic heterocycles. The summed E-state index contributed by atoms with van der Waals surface area (Å²) in [5.41, 5.74) is 1.76. The van der Waals surface area contributed by atoms with E-state index in [1.54, 1.807) is 25.1 Å². The SMILES string of the molecule is Cc1c(-c2ccccc2)oc2c(C(=O)OC(C)C(=O)Nc3cccc4ccccc34)cccc2c1=O. The van der Waals surface area contributed by atoms with Gasteiger partial charge < -0.3 is 14.5 Å². The van der Waals surface area contributed by atoms with E-state index in [2.05, 4.69) is 5.32 Å². The number of fused-ring (bicyclic) bond motifs is 2. The maximum Gasteiger partial charge on any atom is 0.342 e. The van der Waals surface area contributed by atoms with Crippen LogP contribution in [0.1, 0.15) is 22.8 Å². The molecule has 0 aliphatic carbocycles. The molecule has 0 fully saturated rings. The van der Waals surface area contributed by atoms with E-state index in [0.717, 1.165) is 16.3 Å². The van der Waals surface area contributed by atoms with Crippen molar-refractivity contribution < 1.29 is 18.7 Å². The number of rotatable bonds is 5. The van der Waals surface area contributed by atoms with Crippen molar-refractivity contribution in [1.29, 1.82) is 0 Å². The molecule has 4 aromatic carbocycles. The summed E-state index contributed by atoms with van der Waals surface area (Å²) in [7, 11) is 0. The Morgan fingerprint density at radius 2 is 1.50 bits per heavy atom. The number of amides is 1. The number of ether oxygens (including phenoxy) is 1. The third-order valence-electron chi connectivity index (χ3n) is 6.10. The van der Waals surface area contributed by atoms with Crippen molar-refractivity contribution in [2.45, 2.75) is 20.0 Å². The normalized spacial score (nSPS) is 11.8. The van der Waals surface area contributed by atoms with Gasteiger partial charge in [0, 0.05) is 22.2 Å². The van der Waals surface area contributed by atoms with E-state index in [0.29, 0.717) is 17.0 Å². The minimum Gasteiger partial charge on any atom is -0.455 e. The molecular weight excluding hydrogens is 454 g/mol. The van der Waals surface area contributed by atoms with E-state index >= 15 is 0 Å². The van der Waals surface area contributed by atoms with Crippen LogP contribution in [0.5, 0.6) is 0 Å². The Balaban J connectivity index is 1.44. The highest BCUT2D eigenvalue weighted by Gasteiger charge is 2.23. The van der Waals surface area contributed by atoms with Crippen molar-refractivity contribution in [3.63, 3.8) is 0 Å². The molecule has 0 spiro atoms. The highest BCUT2D eigenvalue weighted by molar-refractivity contribution is 6.06. The predicted molar refractivity (Wildman–Crippen MR) is 140 cm³/mol. The second-order valence-electron chi connectivity index (χ2n) is 8.50. The lowest BCUT2D eigenvalue weighted by Crippen LogP contribution is -2.30. The van der Waals surface area contributed by atoms with Gasteiger partial charge in [-0.1, -0.05) is 72.8 Å². The summed E-state index contributed by atoms with van der Waals surface area (Å²) in [4.78, 5) is 39.0. The van der Waals surface area contributed by atoms with Gasteiger partial charge in [0.1, 0.15) is 11.3 Å². The first-order valence-corrected chi connectivity index (χ1v) is 11.6. The van der Waals surface area contributed by atoms with Crippen molar-refractivity contribution in [3.05, 3.63) is 112 Å². The number of anilines is 1. The Kier molecular flexibility index (Phi) is 6.09. The quantitative estimate of drug-likeness (QED) is 0.309. The van der Waals surface area contributed by atoms with Crippen LogP contribution >= 0.6 is 0 Å². The zero-order chi connectivity index (χ0) is 25.2. The van der Waals surface area contributed by atoms with Crippen molar-refractivity contribution in [1.82, 2.24) is 0 Å². The second-order valence-corrected chi connectivity index (χ2v) is 8.50. The lowest BCUT2D eigenvalue weighted by Gasteiger charge is -2.15. The molecule has 178 valence electrons. The first-order chi connectivity index (χ1) is 17.4. The lowest BCUT2D eigenvalue weighted by atomic mass is 10.0. The molecule has 1 unspecified atom stereocenters. The summed E-state index contributed by atoms with van der Waals surface area (Å²) >= 11 is 0. The molecule has 1 aromatic heterocycles. The fourth-order valence-corrected chi connectivity index (χ4v) is 4.18. The number of carbonyl (C=O) groups is 2. The van der Waals surface area contributed by atoms with E-state index in [1.807, 2.05) is 66.7 Å². The molecule has 0 bridgehead atoms. The molecule has 1 heterocycles. The predicted octanol–water partition coefficient (Wildman–Crippen LogP) is 6.11. The fraction of sp³-hybridized carbons (Fsp3) is 0.100. The highest BCUT2D eigenvalue weighted by Crippen LogP contribution is 2.28. The van der Waals surface area contributed by atoms with E-state index in [-0.39, 0.29) is 22.0 Å². The van der Waals surface area contributed by atoms with Crippen LogP contribution in [0.4, 0.5) is 5.69 Å². The van der Waals surface area contributed by atoms with Crippen LogP contribution in [0, 0.1) is 6.92 Å². The Labute approximate surface area is 207 Å². The Hall–Kier alpha value is -4.71. The second kappa shape index (κ2) is 9.50. The lowest BCUT2D eigenvalue weighted by molar-refractivity contribution is -0.123. The Bertz CT molecular complexity index is 1670. The van der Waals surface area contributed by atoms with Crippen molar-refractivity contribution in [3.8, 4) is 11.3 Å². The maximum atomic E-state index is 13.1. The van der Waals surface area contributed by atoms with E-state index in [4.69, 9.17) is 9.15 Å². The molecule has 1 amide bonds.